The maximum Gasteiger partial charge on any atom is 0.179 e. The first-order valence-corrected chi connectivity index (χ1v) is 6.56. The Kier molecular flexibility index (Phi) is 3.13. The van der Waals surface area contributed by atoms with E-state index in [0.717, 1.165) is 27.9 Å². The molecular weight excluding hydrogens is 258 g/mol. The van der Waals surface area contributed by atoms with E-state index in [1.807, 2.05) is 37.3 Å². The topological polar surface area (TPSA) is 38.7 Å². The van der Waals surface area contributed by atoms with Gasteiger partial charge >= 0.3 is 0 Å². The molecule has 0 unspecified atom stereocenters. The number of benzene rings is 1. The first-order valence-electron chi connectivity index (χ1n) is 6.02. The van der Waals surface area contributed by atoms with Crippen LogP contribution in [0.25, 0.3) is 22.3 Å². The molecule has 94 valence electrons. The predicted molar refractivity (Wildman–Crippen MR) is 77.1 cm³/mol. The highest BCUT2D eigenvalue weighted by molar-refractivity contribution is 6.16. The summed E-state index contributed by atoms with van der Waals surface area (Å²) in [6.07, 6.45) is 1.78. The molecule has 3 aromatic rings. The normalized spacial score (nSPS) is 10.8. The van der Waals surface area contributed by atoms with Crippen LogP contribution in [-0.4, -0.2) is 15.0 Å². The molecule has 0 fully saturated rings. The lowest BCUT2D eigenvalue weighted by Crippen LogP contribution is -1.98. The molecule has 0 N–H and O–H groups in total. The summed E-state index contributed by atoms with van der Waals surface area (Å²) in [5, 5.41) is 2.18. The Bertz CT molecular complexity index is 735. The SMILES string of the molecule is Cc1cc(CCl)nc(-c2nccc3ccccc23)n1. The Balaban J connectivity index is 2.27. The van der Waals surface area contributed by atoms with E-state index in [1.165, 1.54) is 0 Å². The third-order valence-electron chi connectivity index (χ3n) is 2.93. The van der Waals surface area contributed by atoms with Crippen LogP contribution in [0.5, 0.6) is 0 Å². The van der Waals surface area contributed by atoms with Crippen LogP contribution in [0.2, 0.25) is 0 Å². The highest BCUT2D eigenvalue weighted by Crippen LogP contribution is 2.24. The molecular formula is C15H12ClN3. The minimum atomic E-state index is 0.376. The van der Waals surface area contributed by atoms with Crippen LogP contribution in [0.1, 0.15) is 11.4 Å². The van der Waals surface area contributed by atoms with Gasteiger partial charge in [0.15, 0.2) is 5.82 Å². The summed E-state index contributed by atoms with van der Waals surface area (Å²) in [7, 11) is 0. The molecule has 0 aliphatic heterocycles. The van der Waals surface area contributed by atoms with Crippen molar-refractivity contribution in [3.05, 3.63) is 54.0 Å². The summed E-state index contributed by atoms with van der Waals surface area (Å²) in [4.78, 5) is 13.4. The minimum absolute atomic E-state index is 0.376. The second kappa shape index (κ2) is 4.94. The molecule has 0 atom stereocenters. The molecule has 2 aromatic heterocycles. The quantitative estimate of drug-likeness (QED) is 0.665. The number of alkyl halides is 1. The molecule has 0 radical (unpaired) electrons. The van der Waals surface area contributed by atoms with E-state index < -0.39 is 0 Å². The summed E-state index contributed by atoms with van der Waals surface area (Å²) >= 11 is 5.87. The lowest BCUT2D eigenvalue weighted by Gasteiger charge is -2.06. The van der Waals surface area contributed by atoms with E-state index in [2.05, 4.69) is 21.0 Å². The Morgan fingerprint density at radius 2 is 1.95 bits per heavy atom. The second-order valence-corrected chi connectivity index (χ2v) is 4.61. The van der Waals surface area contributed by atoms with Crippen LogP contribution >= 0.6 is 11.6 Å². The molecule has 19 heavy (non-hydrogen) atoms. The average Bonchev–Trinajstić information content (AvgIpc) is 2.46. The molecule has 2 heterocycles. The van der Waals surface area contributed by atoms with Gasteiger partial charge in [-0.3, -0.25) is 4.98 Å². The van der Waals surface area contributed by atoms with Crippen molar-refractivity contribution in [3.63, 3.8) is 0 Å². The number of hydrogen-bond acceptors (Lipinski definition) is 3. The Morgan fingerprint density at radius 3 is 2.79 bits per heavy atom. The molecule has 0 spiro atoms. The number of nitrogens with zero attached hydrogens (tertiary/aromatic N) is 3. The highest BCUT2D eigenvalue weighted by Gasteiger charge is 2.09. The molecule has 3 rings (SSSR count). The van der Waals surface area contributed by atoms with E-state index in [0.29, 0.717) is 11.7 Å². The van der Waals surface area contributed by atoms with Crippen molar-refractivity contribution in [2.45, 2.75) is 12.8 Å². The van der Waals surface area contributed by atoms with Crippen molar-refractivity contribution >= 4 is 22.4 Å². The van der Waals surface area contributed by atoms with Gasteiger partial charge in [-0.15, -0.1) is 11.6 Å². The van der Waals surface area contributed by atoms with E-state index >= 15 is 0 Å². The fourth-order valence-electron chi connectivity index (χ4n) is 2.11. The van der Waals surface area contributed by atoms with Crippen molar-refractivity contribution in [2.75, 3.05) is 0 Å². The van der Waals surface area contributed by atoms with Crippen LogP contribution in [0.4, 0.5) is 0 Å². The van der Waals surface area contributed by atoms with Gasteiger partial charge in [-0.25, -0.2) is 9.97 Å². The summed E-state index contributed by atoms with van der Waals surface area (Å²) < 4.78 is 0. The molecule has 0 aliphatic carbocycles. The zero-order valence-electron chi connectivity index (χ0n) is 10.5. The molecule has 0 aliphatic rings. The highest BCUT2D eigenvalue weighted by atomic mass is 35.5. The lowest BCUT2D eigenvalue weighted by atomic mass is 10.1. The fraction of sp³-hybridized carbons (Fsp3) is 0.133. The number of aryl methyl sites for hydroxylation is 1. The first kappa shape index (κ1) is 12.1. The third-order valence-corrected chi connectivity index (χ3v) is 3.20. The largest absolute Gasteiger partial charge is 0.252 e. The van der Waals surface area contributed by atoms with Crippen molar-refractivity contribution in [1.82, 2.24) is 15.0 Å². The summed E-state index contributed by atoms with van der Waals surface area (Å²) in [5.74, 6) is 1.01. The van der Waals surface area contributed by atoms with Crippen molar-refractivity contribution in [3.8, 4) is 11.5 Å². The summed E-state index contributed by atoms with van der Waals surface area (Å²) in [6, 6.07) is 12.0. The van der Waals surface area contributed by atoms with Gasteiger partial charge in [0.25, 0.3) is 0 Å². The van der Waals surface area contributed by atoms with Gasteiger partial charge in [0.2, 0.25) is 0 Å². The van der Waals surface area contributed by atoms with E-state index in [4.69, 9.17) is 11.6 Å². The molecule has 1 aromatic carbocycles. The van der Waals surface area contributed by atoms with Crippen LogP contribution in [0.3, 0.4) is 0 Å². The zero-order chi connectivity index (χ0) is 13.2. The third kappa shape index (κ3) is 2.29. The standard InChI is InChI=1S/C15H12ClN3/c1-10-8-12(9-16)19-15(18-10)14-13-5-3-2-4-11(13)6-7-17-14/h2-8H,9H2,1H3. The first-order chi connectivity index (χ1) is 9.28. The molecule has 0 saturated heterocycles. The Hall–Kier alpha value is -2.00. The predicted octanol–water partition coefficient (Wildman–Crippen LogP) is 3.74. The number of rotatable bonds is 2. The maximum atomic E-state index is 5.87. The molecule has 3 nitrogen and oxygen atoms in total. The van der Waals surface area contributed by atoms with E-state index in [-0.39, 0.29) is 0 Å². The van der Waals surface area contributed by atoms with Crippen LogP contribution in [-0.2, 0) is 5.88 Å². The van der Waals surface area contributed by atoms with Gasteiger partial charge in [-0.1, -0.05) is 24.3 Å². The van der Waals surface area contributed by atoms with Gasteiger partial charge in [0.1, 0.15) is 5.69 Å². The summed E-state index contributed by atoms with van der Waals surface area (Å²) in [6.45, 7) is 1.94. The molecule has 4 heteroatoms. The number of halogens is 1. The maximum absolute atomic E-state index is 5.87. The van der Waals surface area contributed by atoms with E-state index in [1.54, 1.807) is 6.20 Å². The Morgan fingerprint density at radius 1 is 1.11 bits per heavy atom. The molecule has 0 saturated carbocycles. The van der Waals surface area contributed by atoms with Crippen molar-refractivity contribution in [2.24, 2.45) is 0 Å². The van der Waals surface area contributed by atoms with E-state index in [9.17, 15) is 0 Å². The zero-order valence-corrected chi connectivity index (χ0v) is 11.2. The molecule has 0 bridgehead atoms. The van der Waals surface area contributed by atoms with Gasteiger partial charge in [0, 0.05) is 17.3 Å². The monoisotopic (exact) mass is 269 g/mol. The minimum Gasteiger partial charge on any atom is -0.252 e. The van der Waals surface area contributed by atoms with Crippen molar-refractivity contribution in [1.29, 1.82) is 0 Å². The molecule has 0 amide bonds. The second-order valence-electron chi connectivity index (χ2n) is 4.34. The number of hydrogen-bond donors (Lipinski definition) is 0. The van der Waals surface area contributed by atoms with Gasteiger partial charge in [-0.2, -0.15) is 0 Å². The number of fused-ring (bicyclic) bond motifs is 1. The van der Waals surface area contributed by atoms with Crippen molar-refractivity contribution < 1.29 is 0 Å². The summed E-state index contributed by atoms with van der Waals surface area (Å²) in [5.41, 5.74) is 2.52. The van der Waals surface area contributed by atoms with Gasteiger partial charge in [0.05, 0.1) is 11.6 Å². The smallest absolute Gasteiger partial charge is 0.179 e. The fourth-order valence-corrected chi connectivity index (χ4v) is 2.24. The Labute approximate surface area is 116 Å². The lowest BCUT2D eigenvalue weighted by molar-refractivity contribution is 1.04. The number of aromatic nitrogens is 3. The number of pyridine rings is 1. The van der Waals surface area contributed by atoms with Gasteiger partial charge < -0.3 is 0 Å². The van der Waals surface area contributed by atoms with Crippen LogP contribution in [0.15, 0.2) is 42.6 Å². The van der Waals surface area contributed by atoms with Gasteiger partial charge in [-0.05, 0) is 24.4 Å². The van der Waals surface area contributed by atoms with Crippen LogP contribution < -0.4 is 0 Å². The average molecular weight is 270 g/mol. The van der Waals surface area contributed by atoms with Crippen LogP contribution in [0, 0.1) is 6.92 Å².